The number of Topliss-reactive ketones (excluding diaryl/α,β-unsaturated/α-hetero) is 1. The zero-order valence-corrected chi connectivity index (χ0v) is 15.9. The average molecular weight is 433 g/mol. The molecule has 1 aliphatic rings. The first-order valence-corrected chi connectivity index (χ1v) is 8.77. The molecule has 0 atom stereocenters. The number of ketones is 1. The zero-order chi connectivity index (χ0) is 22.6. The van der Waals surface area contributed by atoms with Crippen molar-refractivity contribution in [3.63, 3.8) is 0 Å². The summed E-state index contributed by atoms with van der Waals surface area (Å²) in [5, 5.41) is 7.45. The molecule has 7 nitrogen and oxygen atoms in total. The van der Waals surface area contributed by atoms with Crippen LogP contribution >= 0.6 is 0 Å². The van der Waals surface area contributed by atoms with Crippen LogP contribution < -0.4 is 16.0 Å². The van der Waals surface area contributed by atoms with E-state index >= 15 is 0 Å². The molecule has 11 heteroatoms. The highest BCUT2D eigenvalue weighted by molar-refractivity contribution is 6.15. The van der Waals surface area contributed by atoms with Gasteiger partial charge in [-0.1, -0.05) is 18.2 Å². The fraction of sp³-hybridized carbons (Fsp3) is 0.100. The van der Waals surface area contributed by atoms with Crippen LogP contribution in [0, 0.1) is 5.82 Å². The lowest BCUT2D eigenvalue weighted by Crippen LogP contribution is -2.20. The summed E-state index contributed by atoms with van der Waals surface area (Å²) in [6.45, 7) is 0. The molecule has 3 rings (SSSR count). The van der Waals surface area contributed by atoms with Gasteiger partial charge in [0.2, 0.25) is 17.6 Å². The first-order valence-electron chi connectivity index (χ1n) is 8.77. The Hall–Kier alpha value is -4.02. The van der Waals surface area contributed by atoms with Crippen LogP contribution in [0.4, 0.5) is 35.0 Å². The predicted octanol–water partition coefficient (Wildman–Crippen LogP) is 3.49. The van der Waals surface area contributed by atoms with Crippen molar-refractivity contribution in [1.82, 2.24) is 15.3 Å². The molecule has 2 aromatic rings. The van der Waals surface area contributed by atoms with Gasteiger partial charge in [-0.15, -0.1) is 0 Å². The summed E-state index contributed by atoms with van der Waals surface area (Å²) >= 11 is 0. The summed E-state index contributed by atoms with van der Waals surface area (Å²) in [6, 6.07) is 4.18. The molecule has 0 aliphatic heterocycles. The molecule has 160 valence electrons. The fourth-order valence-corrected chi connectivity index (χ4v) is 2.53. The second-order valence-electron chi connectivity index (χ2n) is 6.20. The van der Waals surface area contributed by atoms with E-state index in [-0.39, 0.29) is 22.9 Å². The second kappa shape index (κ2) is 8.78. The van der Waals surface area contributed by atoms with E-state index in [1.807, 2.05) is 0 Å². The molecule has 0 bridgehead atoms. The van der Waals surface area contributed by atoms with Crippen molar-refractivity contribution in [2.24, 2.45) is 0 Å². The smallest absolute Gasteiger partial charge is 0.356 e. The number of aromatic nitrogens is 2. The Bertz CT molecular complexity index is 1120. The topological polar surface area (TPSA) is 96.0 Å². The minimum absolute atomic E-state index is 0.0225. The molecule has 1 aromatic carbocycles. The number of benzene rings is 1. The Morgan fingerprint density at radius 3 is 2.68 bits per heavy atom. The third kappa shape index (κ3) is 5.32. The van der Waals surface area contributed by atoms with Crippen LogP contribution in [-0.2, 0) is 15.8 Å². The van der Waals surface area contributed by atoms with Crippen LogP contribution in [0.15, 0.2) is 66.0 Å². The van der Waals surface area contributed by atoms with Crippen LogP contribution in [0.1, 0.15) is 5.56 Å². The number of amides is 1. The summed E-state index contributed by atoms with van der Waals surface area (Å²) < 4.78 is 52.7. The van der Waals surface area contributed by atoms with Gasteiger partial charge in [0.1, 0.15) is 0 Å². The highest BCUT2D eigenvalue weighted by atomic mass is 19.4. The Morgan fingerprint density at radius 1 is 1.19 bits per heavy atom. The van der Waals surface area contributed by atoms with Crippen molar-refractivity contribution in [3.05, 3.63) is 77.4 Å². The third-order valence-corrected chi connectivity index (χ3v) is 4.02. The molecule has 0 spiro atoms. The van der Waals surface area contributed by atoms with E-state index in [9.17, 15) is 27.2 Å². The summed E-state index contributed by atoms with van der Waals surface area (Å²) in [7, 11) is 1.41. The molecule has 1 aliphatic carbocycles. The average Bonchev–Trinajstić information content (AvgIpc) is 2.73. The van der Waals surface area contributed by atoms with E-state index in [1.54, 1.807) is 0 Å². The van der Waals surface area contributed by atoms with Gasteiger partial charge in [0.25, 0.3) is 0 Å². The molecule has 0 saturated heterocycles. The SMILES string of the molecule is CNC(=O)C=C1C=CC=C(Nc2ncc(F)c(Nc3cccc(C(F)(F)F)c3)n2)C1=O. The van der Waals surface area contributed by atoms with E-state index in [0.29, 0.717) is 0 Å². The van der Waals surface area contributed by atoms with Gasteiger partial charge in [-0.3, -0.25) is 9.59 Å². The van der Waals surface area contributed by atoms with Crippen molar-refractivity contribution in [3.8, 4) is 0 Å². The highest BCUT2D eigenvalue weighted by Crippen LogP contribution is 2.31. The quantitative estimate of drug-likeness (QED) is 0.494. The summed E-state index contributed by atoms with van der Waals surface area (Å²) in [5.41, 5.74) is -0.821. The lowest BCUT2D eigenvalue weighted by Gasteiger charge is -2.14. The summed E-state index contributed by atoms with van der Waals surface area (Å²) in [5.74, 6) is -2.47. The van der Waals surface area contributed by atoms with Gasteiger partial charge in [0.05, 0.1) is 17.5 Å². The number of rotatable bonds is 5. The Balaban J connectivity index is 1.81. The highest BCUT2D eigenvalue weighted by Gasteiger charge is 2.30. The Kier molecular flexibility index (Phi) is 6.14. The van der Waals surface area contributed by atoms with Crippen LogP contribution in [0.3, 0.4) is 0 Å². The Morgan fingerprint density at radius 2 is 1.97 bits per heavy atom. The largest absolute Gasteiger partial charge is 0.416 e. The van der Waals surface area contributed by atoms with Crippen molar-refractivity contribution in [2.75, 3.05) is 17.7 Å². The standard InChI is InChI=1S/C20H15F4N5O2/c1-25-16(30)8-11-4-2-7-15(17(11)31)28-19-26-10-14(21)18(29-19)27-13-6-3-5-12(9-13)20(22,23)24/h2-10H,1H3,(H,25,30)(H2,26,27,28,29). The molecular formula is C20H15F4N5O2. The maximum Gasteiger partial charge on any atom is 0.416 e. The van der Waals surface area contributed by atoms with Crippen LogP contribution in [-0.4, -0.2) is 28.7 Å². The van der Waals surface area contributed by atoms with Crippen LogP contribution in [0.25, 0.3) is 0 Å². The van der Waals surface area contributed by atoms with Crippen molar-refractivity contribution >= 4 is 29.1 Å². The normalized spacial score (nSPS) is 14.9. The number of alkyl halides is 3. The van der Waals surface area contributed by atoms with Gasteiger partial charge in [-0.05, 0) is 24.3 Å². The molecule has 1 amide bonds. The van der Waals surface area contributed by atoms with Crippen molar-refractivity contribution in [1.29, 1.82) is 0 Å². The number of halogens is 4. The van der Waals surface area contributed by atoms with Crippen LogP contribution in [0.5, 0.6) is 0 Å². The van der Waals surface area contributed by atoms with Crippen molar-refractivity contribution < 1.29 is 27.2 Å². The second-order valence-corrected chi connectivity index (χ2v) is 6.20. The van der Waals surface area contributed by atoms with E-state index < -0.39 is 35.1 Å². The van der Waals surface area contributed by atoms with E-state index in [4.69, 9.17) is 0 Å². The van der Waals surface area contributed by atoms with Gasteiger partial charge in [0, 0.05) is 24.4 Å². The van der Waals surface area contributed by atoms with Gasteiger partial charge in [0.15, 0.2) is 11.6 Å². The van der Waals surface area contributed by atoms with E-state index in [0.717, 1.165) is 24.4 Å². The number of carbonyl (C=O) groups excluding carboxylic acids is 2. The summed E-state index contributed by atoms with van der Waals surface area (Å²) in [4.78, 5) is 31.6. The molecule has 1 aromatic heterocycles. The molecule has 1 heterocycles. The number of anilines is 3. The number of nitrogens with one attached hydrogen (secondary N) is 3. The van der Waals surface area contributed by atoms with Gasteiger partial charge < -0.3 is 16.0 Å². The first kappa shape index (κ1) is 21.7. The molecule has 0 radical (unpaired) electrons. The van der Waals surface area contributed by atoms with Crippen molar-refractivity contribution in [2.45, 2.75) is 6.18 Å². The lowest BCUT2D eigenvalue weighted by molar-refractivity contribution is -0.137. The summed E-state index contributed by atoms with van der Waals surface area (Å²) in [6.07, 6.45) is 1.72. The molecule has 0 saturated carbocycles. The maximum absolute atomic E-state index is 14.1. The monoisotopic (exact) mass is 433 g/mol. The molecular weight excluding hydrogens is 418 g/mol. The molecule has 31 heavy (non-hydrogen) atoms. The fourth-order valence-electron chi connectivity index (χ4n) is 2.53. The maximum atomic E-state index is 14.1. The zero-order valence-electron chi connectivity index (χ0n) is 15.9. The number of carbonyl (C=O) groups is 2. The third-order valence-electron chi connectivity index (χ3n) is 4.02. The molecule has 3 N–H and O–H groups in total. The molecule has 0 unspecified atom stereocenters. The Labute approximate surface area is 173 Å². The minimum Gasteiger partial charge on any atom is -0.356 e. The number of allylic oxidation sites excluding steroid dienone is 4. The molecule has 0 fully saturated rings. The first-order chi connectivity index (χ1) is 14.7. The van der Waals surface area contributed by atoms with Gasteiger partial charge in [-0.25, -0.2) is 9.37 Å². The number of nitrogens with zero attached hydrogens (tertiary/aromatic N) is 2. The van der Waals surface area contributed by atoms with Gasteiger partial charge in [-0.2, -0.15) is 18.2 Å². The number of likely N-dealkylation sites (N-methyl/N-ethyl adjacent to an activating group) is 1. The predicted molar refractivity (Wildman–Crippen MR) is 105 cm³/mol. The number of hydrogen-bond acceptors (Lipinski definition) is 6. The lowest BCUT2D eigenvalue weighted by atomic mass is 10.0. The van der Waals surface area contributed by atoms with E-state index in [2.05, 4.69) is 25.9 Å². The van der Waals surface area contributed by atoms with Crippen LogP contribution in [0.2, 0.25) is 0 Å². The van der Waals surface area contributed by atoms with E-state index in [1.165, 1.54) is 37.4 Å². The minimum atomic E-state index is -4.56. The number of hydrogen-bond donors (Lipinski definition) is 3. The van der Waals surface area contributed by atoms with Gasteiger partial charge >= 0.3 is 6.18 Å².